The van der Waals surface area contributed by atoms with Crippen LogP contribution in [0.1, 0.15) is 5.56 Å². The van der Waals surface area contributed by atoms with Crippen LogP contribution in [0.2, 0.25) is 5.02 Å². The summed E-state index contributed by atoms with van der Waals surface area (Å²) in [4.78, 5) is -0.514. The van der Waals surface area contributed by atoms with Crippen molar-refractivity contribution in [1.82, 2.24) is 0 Å². The first kappa shape index (κ1) is 16.8. The Kier molecular flexibility index (Phi) is 4.22. The van der Waals surface area contributed by atoms with Gasteiger partial charge < -0.3 is 5.73 Å². The van der Waals surface area contributed by atoms with E-state index in [4.69, 9.17) is 22.5 Å². The van der Waals surface area contributed by atoms with Crippen LogP contribution in [-0.2, 0) is 19.9 Å². The molecule has 4 N–H and O–H groups in total. The Bertz CT molecular complexity index is 954. The second-order valence-electron chi connectivity index (χ2n) is 4.66. The number of hydrogen-bond acceptors (Lipinski definition) is 5. The van der Waals surface area contributed by atoms with Crippen molar-refractivity contribution < 1.29 is 16.8 Å². The SMILES string of the molecule is Cc1ccc(S(N)(=O)=O)cc1S(=O)(=O)c1ccc(N)c(Cl)c1. The Morgan fingerprint density at radius 2 is 1.55 bits per heavy atom. The number of nitrogens with two attached hydrogens (primary N) is 2. The number of primary sulfonamides is 1. The summed E-state index contributed by atoms with van der Waals surface area (Å²) in [6.45, 7) is 1.55. The second kappa shape index (κ2) is 5.54. The zero-order valence-corrected chi connectivity index (χ0v) is 13.8. The first-order valence-corrected chi connectivity index (χ1v) is 9.38. The molecule has 0 aliphatic rings. The average Bonchev–Trinajstić information content (AvgIpc) is 2.40. The van der Waals surface area contributed by atoms with Crippen LogP contribution >= 0.6 is 11.6 Å². The normalized spacial score (nSPS) is 12.3. The monoisotopic (exact) mass is 360 g/mol. The van der Waals surface area contributed by atoms with E-state index in [1.807, 2.05) is 0 Å². The number of anilines is 1. The quantitative estimate of drug-likeness (QED) is 0.807. The number of sulfone groups is 1. The molecule has 0 amide bonds. The first-order valence-electron chi connectivity index (χ1n) is 5.97. The standard InChI is InChI=1S/C13H13ClN2O4S2/c1-8-2-3-10(22(16,19)20)7-13(8)21(17,18)9-4-5-12(15)11(14)6-9/h2-7H,15H2,1H3,(H2,16,19,20). The third kappa shape index (κ3) is 3.09. The van der Waals surface area contributed by atoms with E-state index in [-0.39, 0.29) is 25.4 Å². The zero-order valence-electron chi connectivity index (χ0n) is 11.4. The second-order valence-corrected chi connectivity index (χ2v) is 8.55. The van der Waals surface area contributed by atoms with E-state index in [2.05, 4.69) is 0 Å². The fourth-order valence-electron chi connectivity index (χ4n) is 1.85. The molecular weight excluding hydrogens is 348 g/mol. The highest BCUT2D eigenvalue weighted by Crippen LogP contribution is 2.29. The summed E-state index contributed by atoms with van der Waals surface area (Å²) in [6, 6.07) is 7.55. The minimum absolute atomic E-state index is 0.0821. The molecule has 2 rings (SSSR count). The minimum atomic E-state index is -4.01. The number of sulfonamides is 1. The Morgan fingerprint density at radius 3 is 2.09 bits per heavy atom. The van der Waals surface area contributed by atoms with Gasteiger partial charge in [-0.25, -0.2) is 22.0 Å². The predicted molar refractivity (Wildman–Crippen MR) is 83.9 cm³/mol. The van der Waals surface area contributed by atoms with Crippen LogP contribution in [0.25, 0.3) is 0 Å². The van der Waals surface area contributed by atoms with Crippen LogP contribution in [0, 0.1) is 6.92 Å². The summed E-state index contributed by atoms with van der Waals surface area (Å²) in [5, 5.41) is 5.14. The molecule has 0 radical (unpaired) electrons. The maximum absolute atomic E-state index is 12.7. The highest BCUT2D eigenvalue weighted by molar-refractivity contribution is 7.91. The maximum atomic E-state index is 12.7. The van der Waals surface area contributed by atoms with Gasteiger partial charge in [-0.2, -0.15) is 0 Å². The molecule has 2 aromatic rings. The molecule has 9 heteroatoms. The fourth-order valence-corrected chi connectivity index (χ4v) is 4.26. The van der Waals surface area contributed by atoms with Gasteiger partial charge in [-0.15, -0.1) is 0 Å². The lowest BCUT2D eigenvalue weighted by atomic mass is 10.2. The molecule has 0 heterocycles. The van der Waals surface area contributed by atoms with Gasteiger partial charge in [0, 0.05) is 0 Å². The van der Waals surface area contributed by atoms with E-state index in [0.717, 1.165) is 6.07 Å². The molecule has 0 spiro atoms. The molecule has 0 bridgehead atoms. The number of rotatable bonds is 3. The summed E-state index contributed by atoms with van der Waals surface area (Å²) < 4.78 is 48.1. The van der Waals surface area contributed by atoms with Crippen molar-refractivity contribution >= 4 is 37.1 Å². The molecule has 6 nitrogen and oxygen atoms in total. The topological polar surface area (TPSA) is 120 Å². The lowest BCUT2D eigenvalue weighted by Gasteiger charge is -2.10. The van der Waals surface area contributed by atoms with E-state index < -0.39 is 19.9 Å². The number of halogens is 1. The van der Waals surface area contributed by atoms with Gasteiger partial charge >= 0.3 is 0 Å². The lowest BCUT2D eigenvalue weighted by Crippen LogP contribution is -2.14. The summed E-state index contributed by atoms with van der Waals surface area (Å²) in [7, 11) is -7.96. The van der Waals surface area contributed by atoms with Crippen molar-refractivity contribution in [2.24, 2.45) is 5.14 Å². The molecule has 0 saturated heterocycles. The van der Waals surface area contributed by atoms with E-state index in [1.54, 1.807) is 6.92 Å². The Morgan fingerprint density at radius 1 is 0.955 bits per heavy atom. The van der Waals surface area contributed by atoms with Crippen molar-refractivity contribution in [2.75, 3.05) is 5.73 Å². The zero-order chi connectivity index (χ0) is 16.7. The van der Waals surface area contributed by atoms with Crippen molar-refractivity contribution in [1.29, 1.82) is 0 Å². The number of hydrogen-bond donors (Lipinski definition) is 2. The van der Waals surface area contributed by atoms with Crippen LogP contribution in [0.3, 0.4) is 0 Å². The van der Waals surface area contributed by atoms with Gasteiger partial charge in [0.25, 0.3) is 0 Å². The van der Waals surface area contributed by atoms with Gasteiger partial charge in [-0.3, -0.25) is 0 Å². The van der Waals surface area contributed by atoms with Crippen molar-refractivity contribution in [3.63, 3.8) is 0 Å². The van der Waals surface area contributed by atoms with Gasteiger partial charge in [-0.1, -0.05) is 17.7 Å². The third-order valence-electron chi connectivity index (χ3n) is 3.06. The summed E-state index contributed by atoms with van der Waals surface area (Å²) >= 11 is 5.85. The van der Waals surface area contributed by atoms with Crippen LogP contribution in [0.4, 0.5) is 5.69 Å². The minimum Gasteiger partial charge on any atom is -0.398 e. The molecule has 0 aliphatic carbocycles. The van der Waals surface area contributed by atoms with Gasteiger partial charge in [0.05, 0.1) is 25.4 Å². The van der Waals surface area contributed by atoms with E-state index >= 15 is 0 Å². The number of aryl methyl sites for hydroxylation is 1. The van der Waals surface area contributed by atoms with Crippen LogP contribution in [-0.4, -0.2) is 16.8 Å². The van der Waals surface area contributed by atoms with Crippen molar-refractivity contribution in [2.45, 2.75) is 21.6 Å². The predicted octanol–water partition coefficient (Wildman–Crippen LogP) is 1.71. The molecular formula is C13H13ClN2O4S2. The van der Waals surface area contributed by atoms with Crippen LogP contribution in [0.5, 0.6) is 0 Å². The van der Waals surface area contributed by atoms with Gasteiger partial charge in [-0.05, 0) is 42.8 Å². The molecule has 118 valence electrons. The largest absolute Gasteiger partial charge is 0.398 e. The Labute approximate surface area is 133 Å². The highest BCUT2D eigenvalue weighted by Gasteiger charge is 2.23. The highest BCUT2D eigenvalue weighted by atomic mass is 35.5. The molecule has 22 heavy (non-hydrogen) atoms. The summed E-state index contributed by atoms with van der Waals surface area (Å²) in [6.07, 6.45) is 0. The molecule has 0 aromatic heterocycles. The molecule has 0 aliphatic heterocycles. The van der Waals surface area contributed by atoms with Gasteiger partial charge in [0.2, 0.25) is 19.9 Å². The van der Waals surface area contributed by atoms with E-state index in [0.29, 0.717) is 5.56 Å². The maximum Gasteiger partial charge on any atom is 0.238 e. The Balaban J connectivity index is 2.70. The summed E-state index contributed by atoms with van der Waals surface area (Å²) in [5.41, 5.74) is 6.19. The number of nitrogen functional groups attached to an aromatic ring is 1. The molecule has 0 fully saturated rings. The lowest BCUT2D eigenvalue weighted by molar-refractivity contribution is 0.594. The van der Waals surface area contributed by atoms with E-state index in [1.165, 1.54) is 30.3 Å². The number of benzene rings is 2. The summed E-state index contributed by atoms with van der Waals surface area (Å²) in [5.74, 6) is 0. The molecule has 0 saturated carbocycles. The Hall–Kier alpha value is -1.61. The molecule has 0 unspecified atom stereocenters. The van der Waals surface area contributed by atoms with Gasteiger partial charge in [0.1, 0.15) is 0 Å². The molecule has 0 atom stereocenters. The van der Waals surface area contributed by atoms with Crippen LogP contribution in [0.15, 0.2) is 51.1 Å². The smallest absolute Gasteiger partial charge is 0.238 e. The van der Waals surface area contributed by atoms with Crippen LogP contribution < -0.4 is 10.9 Å². The van der Waals surface area contributed by atoms with Crippen molar-refractivity contribution in [3.8, 4) is 0 Å². The van der Waals surface area contributed by atoms with Gasteiger partial charge in [0.15, 0.2) is 0 Å². The van der Waals surface area contributed by atoms with Crippen molar-refractivity contribution in [3.05, 3.63) is 47.0 Å². The fraction of sp³-hybridized carbons (Fsp3) is 0.0769. The first-order chi connectivity index (χ1) is 10.0. The molecule has 2 aromatic carbocycles. The third-order valence-corrected chi connectivity index (χ3v) is 6.19. The average molecular weight is 361 g/mol. The van der Waals surface area contributed by atoms with E-state index in [9.17, 15) is 16.8 Å².